The second-order valence-electron chi connectivity index (χ2n) is 8.14. The fourth-order valence-corrected chi connectivity index (χ4v) is 4.96. The van der Waals surface area contributed by atoms with Crippen LogP contribution in [0.15, 0.2) is 24.3 Å². The molecule has 1 N–H and O–H groups in total. The topological polar surface area (TPSA) is 60.9 Å². The molecule has 27 heavy (non-hydrogen) atoms. The van der Waals surface area contributed by atoms with Crippen molar-refractivity contribution in [2.24, 2.45) is 0 Å². The molecule has 5 heteroatoms. The van der Waals surface area contributed by atoms with E-state index in [1.165, 1.54) is 11.1 Å². The molecule has 5 nitrogen and oxygen atoms in total. The molecule has 0 unspecified atom stereocenters. The first kappa shape index (κ1) is 19.9. The third-order valence-corrected chi connectivity index (χ3v) is 6.45. The zero-order chi connectivity index (χ0) is 19.4. The fraction of sp³-hybridized carbons (Fsp3) is 0.636. The van der Waals surface area contributed by atoms with Gasteiger partial charge in [0.15, 0.2) is 0 Å². The Labute approximate surface area is 162 Å². The summed E-state index contributed by atoms with van der Waals surface area (Å²) in [6.45, 7) is 6.37. The molecular formula is C22H32N2O3. The van der Waals surface area contributed by atoms with Gasteiger partial charge in [-0.3, -0.25) is 14.5 Å². The first-order valence-electron chi connectivity index (χ1n) is 10.3. The van der Waals surface area contributed by atoms with Gasteiger partial charge in [-0.05, 0) is 44.7 Å². The highest BCUT2D eigenvalue weighted by Crippen LogP contribution is 2.43. The number of hydrogen-bond acceptors (Lipinski definition) is 3. The third kappa shape index (κ3) is 4.18. The summed E-state index contributed by atoms with van der Waals surface area (Å²) in [4.78, 5) is 28.7. The van der Waals surface area contributed by atoms with E-state index in [0.717, 1.165) is 58.2 Å². The molecule has 0 atom stereocenters. The Bertz CT molecular complexity index is 674. The standard InChI is InChI=1S/C22H32N2O3/c1-3-23(16-20(25)26)19-9-13-24(14-10-19)21(27)22(11-4-5-12-22)18-8-6-7-17(2)15-18/h6-8,15,19H,3-5,9-14,16H2,1-2H3,(H,25,26). The molecule has 1 aliphatic carbocycles. The number of carbonyl (C=O) groups excluding carboxylic acids is 1. The quantitative estimate of drug-likeness (QED) is 0.833. The van der Waals surface area contributed by atoms with Gasteiger partial charge < -0.3 is 10.0 Å². The number of likely N-dealkylation sites (tertiary alicyclic amines) is 1. The van der Waals surface area contributed by atoms with Gasteiger partial charge in [-0.15, -0.1) is 0 Å². The van der Waals surface area contributed by atoms with E-state index < -0.39 is 5.97 Å². The molecule has 2 aliphatic rings. The molecule has 148 valence electrons. The molecule has 0 spiro atoms. The van der Waals surface area contributed by atoms with Gasteiger partial charge >= 0.3 is 5.97 Å². The number of aliphatic carboxylic acids is 1. The molecule has 0 radical (unpaired) electrons. The maximum atomic E-state index is 13.6. The molecule has 1 saturated carbocycles. The summed E-state index contributed by atoms with van der Waals surface area (Å²) in [6, 6.07) is 8.71. The van der Waals surface area contributed by atoms with Gasteiger partial charge in [0.1, 0.15) is 0 Å². The Morgan fingerprint density at radius 2 is 1.89 bits per heavy atom. The first-order valence-corrected chi connectivity index (χ1v) is 10.3. The summed E-state index contributed by atoms with van der Waals surface area (Å²) in [5, 5.41) is 9.11. The molecular weight excluding hydrogens is 340 g/mol. The van der Waals surface area contributed by atoms with Crippen LogP contribution in [-0.4, -0.2) is 59.0 Å². The van der Waals surface area contributed by atoms with Crippen molar-refractivity contribution in [2.45, 2.75) is 63.8 Å². The summed E-state index contributed by atoms with van der Waals surface area (Å²) in [5.74, 6) is -0.495. The van der Waals surface area contributed by atoms with Crippen molar-refractivity contribution in [1.29, 1.82) is 0 Å². The molecule has 1 heterocycles. The summed E-state index contributed by atoms with van der Waals surface area (Å²) in [6.07, 6.45) is 5.81. The van der Waals surface area contributed by atoms with Crippen molar-refractivity contribution < 1.29 is 14.7 Å². The van der Waals surface area contributed by atoms with Crippen LogP contribution >= 0.6 is 0 Å². The van der Waals surface area contributed by atoms with E-state index in [9.17, 15) is 9.59 Å². The van der Waals surface area contributed by atoms with Crippen LogP contribution in [-0.2, 0) is 15.0 Å². The monoisotopic (exact) mass is 372 g/mol. The van der Waals surface area contributed by atoms with Crippen LogP contribution in [0.1, 0.15) is 56.6 Å². The predicted molar refractivity (Wildman–Crippen MR) is 106 cm³/mol. The van der Waals surface area contributed by atoms with Crippen LogP contribution in [0.25, 0.3) is 0 Å². The third-order valence-electron chi connectivity index (χ3n) is 6.45. The maximum Gasteiger partial charge on any atom is 0.317 e. The van der Waals surface area contributed by atoms with Crippen LogP contribution in [0.2, 0.25) is 0 Å². The number of piperidine rings is 1. The average molecular weight is 373 g/mol. The van der Waals surface area contributed by atoms with E-state index >= 15 is 0 Å². The van der Waals surface area contributed by atoms with Gasteiger partial charge in [0.25, 0.3) is 0 Å². The number of nitrogens with zero attached hydrogens (tertiary/aromatic N) is 2. The Morgan fingerprint density at radius 1 is 1.22 bits per heavy atom. The van der Waals surface area contributed by atoms with E-state index in [1.54, 1.807) is 0 Å². The van der Waals surface area contributed by atoms with E-state index in [4.69, 9.17) is 5.11 Å². The zero-order valence-corrected chi connectivity index (χ0v) is 16.6. The Hall–Kier alpha value is -1.88. The molecule has 1 aromatic carbocycles. The molecule has 3 rings (SSSR count). The lowest BCUT2D eigenvalue weighted by atomic mass is 9.76. The van der Waals surface area contributed by atoms with E-state index in [2.05, 4.69) is 31.2 Å². The number of likely N-dealkylation sites (N-methyl/N-ethyl adjacent to an activating group) is 1. The van der Waals surface area contributed by atoms with Crippen molar-refractivity contribution in [3.05, 3.63) is 35.4 Å². The van der Waals surface area contributed by atoms with Gasteiger partial charge in [0, 0.05) is 19.1 Å². The first-order chi connectivity index (χ1) is 13.0. The smallest absolute Gasteiger partial charge is 0.317 e. The second-order valence-corrected chi connectivity index (χ2v) is 8.14. The summed E-state index contributed by atoms with van der Waals surface area (Å²) < 4.78 is 0. The Kier molecular flexibility index (Phi) is 6.20. The normalized spacial score (nSPS) is 20.2. The van der Waals surface area contributed by atoms with Crippen molar-refractivity contribution in [3.63, 3.8) is 0 Å². The van der Waals surface area contributed by atoms with E-state index in [0.29, 0.717) is 0 Å². The Morgan fingerprint density at radius 3 is 2.44 bits per heavy atom. The minimum atomic E-state index is -0.778. The highest BCUT2D eigenvalue weighted by Gasteiger charge is 2.45. The number of benzene rings is 1. The number of carboxylic acid groups (broad SMARTS) is 1. The number of carboxylic acids is 1. The number of amides is 1. The number of rotatable bonds is 6. The van der Waals surface area contributed by atoms with Crippen molar-refractivity contribution in [1.82, 2.24) is 9.80 Å². The minimum absolute atomic E-state index is 0.0857. The lowest BCUT2D eigenvalue weighted by molar-refractivity contribution is -0.142. The van der Waals surface area contributed by atoms with Crippen LogP contribution in [0, 0.1) is 6.92 Å². The van der Waals surface area contributed by atoms with Crippen LogP contribution < -0.4 is 0 Å². The summed E-state index contributed by atoms with van der Waals surface area (Å²) >= 11 is 0. The van der Waals surface area contributed by atoms with Gasteiger partial charge in [-0.25, -0.2) is 0 Å². The van der Waals surface area contributed by atoms with Crippen molar-refractivity contribution in [2.75, 3.05) is 26.2 Å². The van der Waals surface area contributed by atoms with Crippen LogP contribution in [0.3, 0.4) is 0 Å². The molecule has 2 fully saturated rings. The van der Waals surface area contributed by atoms with E-state index in [1.807, 2.05) is 16.7 Å². The fourth-order valence-electron chi connectivity index (χ4n) is 4.96. The molecule has 1 aromatic rings. The SMILES string of the molecule is CCN(CC(=O)O)C1CCN(C(=O)C2(c3cccc(C)c3)CCCC2)CC1. The predicted octanol–water partition coefficient (Wildman–Crippen LogP) is 3.20. The molecule has 0 aromatic heterocycles. The zero-order valence-electron chi connectivity index (χ0n) is 16.6. The molecule has 0 bridgehead atoms. The Balaban J connectivity index is 1.71. The maximum absolute atomic E-state index is 13.6. The number of hydrogen-bond donors (Lipinski definition) is 1. The summed E-state index contributed by atoms with van der Waals surface area (Å²) in [5.41, 5.74) is 2.02. The molecule has 1 saturated heterocycles. The largest absolute Gasteiger partial charge is 0.480 e. The van der Waals surface area contributed by atoms with Gasteiger partial charge in [0.05, 0.1) is 12.0 Å². The van der Waals surface area contributed by atoms with Crippen LogP contribution in [0.5, 0.6) is 0 Å². The highest BCUT2D eigenvalue weighted by atomic mass is 16.4. The van der Waals surface area contributed by atoms with E-state index in [-0.39, 0.29) is 23.9 Å². The minimum Gasteiger partial charge on any atom is -0.480 e. The summed E-state index contributed by atoms with van der Waals surface area (Å²) in [7, 11) is 0. The lowest BCUT2D eigenvalue weighted by Gasteiger charge is -2.41. The van der Waals surface area contributed by atoms with Crippen LogP contribution in [0.4, 0.5) is 0 Å². The lowest BCUT2D eigenvalue weighted by Crippen LogP contribution is -2.52. The average Bonchev–Trinajstić information content (AvgIpc) is 3.17. The van der Waals surface area contributed by atoms with Crippen molar-refractivity contribution >= 4 is 11.9 Å². The second kappa shape index (κ2) is 8.42. The number of carbonyl (C=O) groups is 2. The van der Waals surface area contributed by atoms with Gasteiger partial charge in [-0.1, -0.05) is 49.6 Å². The molecule has 1 amide bonds. The van der Waals surface area contributed by atoms with Gasteiger partial charge in [0.2, 0.25) is 5.91 Å². The van der Waals surface area contributed by atoms with Crippen molar-refractivity contribution in [3.8, 4) is 0 Å². The van der Waals surface area contributed by atoms with Gasteiger partial charge in [-0.2, -0.15) is 0 Å². The molecule has 1 aliphatic heterocycles. The number of aryl methyl sites for hydroxylation is 1. The highest BCUT2D eigenvalue weighted by molar-refractivity contribution is 5.88.